The van der Waals surface area contributed by atoms with E-state index in [2.05, 4.69) is 9.82 Å². The molecule has 0 aliphatic carbocycles. The van der Waals surface area contributed by atoms with Crippen LogP contribution in [-0.4, -0.2) is 23.3 Å². The Morgan fingerprint density at radius 3 is 2.50 bits per heavy atom. The first-order valence-electron chi connectivity index (χ1n) is 5.73. The zero-order valence-electron chi connectivity index (χ0n) is 11.2. The van der Waals surface area contributed by atoms with Crippen molar-refractivity contribution < 1.29 is 13.5 Å². The Balaban J connectivity index is 2.47. The van der Waals surface area contributed by atoms with Crippen LogP contribution in [-0.2, 0) is 17.1 Å². The third-order valence-electron chi connectivity index (χ3n) is 2.88. The molecule has 0 atom stereocenters. The average Bonchev–Trinajstić information content (AvgIpc) is 2.66. The van der Waals surface area contributed by atoms with E-state index < -0.39 is 10.0 Å². The fourth-order valence-corrected chi connectivity index (χ4v) is 3.59. The summed E-state index contributed by atoms with van der Waals surface area (Å²) in [6.45, 7) is 3.38. The lowest BCUT2D eigenvalue weighted by atomic mass is 10.1. The van der Waals surface area contributed by atoms with Crippen molar-refractivity contribution in [2.24, 2.45) is 7.05 Å². The molecule has 0 bridgehead atoms. The molecule has 1 heterocycles. The number of nitrogens with one attached hydrogen (secondary N) is 1. The van der Waals surface area contributed by atoms with Crippen LogP contribution < -0.4 is 4.72 Å². The van der Waals surface area contributed by atoms with E-state index in [0.717, 1.165) is 0 Å². The highest BCUT2D eigenvalue weighted by atomic mass is 35.5. The molecular formula is C12H14ClN3O3S. The van der Waals surface area contributed by atoms with Gasteiger partial charge in [0, 0.05) is 7.05 Å². The zero-order valence-corrected chi connectivity index (χ0v) is 12.7. The summed E-state index contributed by atoms with van der Waals surface area (Å²) in [4.78, 5) is 0. The first-order chi connectivity index (χ1) is 9.22. The molecular weight excluding hydrogens is 302 g/mol. The minimum Gasteiger partial charge on any atom is -0.508 e. The summed E-state index contributed by atoms with van der Waals surface area (Å²) in [6.07, 6.45) is 1.27. The molecule has 0 fully saturated rings. The van der Waals surface area contributed by atoms with Gasteiger partial charge >= 0.3 is 0 Å². The number of benzene rings is 1. The quantitative estimate of drug-likeness (QED) is 0.850. The first-order valence-corrected chi connectivity index (χ1v) is 7.59. The van der Waals surface area contributed by atoms with Crippen molar-refractivity contribution in [3.63, 3.8) is 0 Å². The number of halogens is 1. The molecule has 0 spiro atoms. The number of aromatic hydroxyl groups is 1. The van der Waals surface area contributed by atoms with Gasteiger partial charge < -0.3 is 5.11 Å². The van der Waals surface area contributed by atoms with Gasteiger partial charge in [-0.3, -0.25) is 9.40 Å². The van der Waals surface area contributed by atoms with Crippen LogP contribution >= 0.6 is 11.6 Å². The molecule has 2 N–H and O–H groups in total. The maximum atomic E-state index is 12.3. The topological polar surface area (TPSA) is 84.2 Å². The molecule has 0 unspecified atom stereocenters. The monoisotopic (exact) mass is 315 g/mol. The Labute approximate surface area is 122 Å². The van der Waals surface area contributed by atoms with E-state index in [0.29, 0.717) is 16.8 Å². The number of aromatic nitrogens is 2. The second-order valence-corrected chi connectivity index (χ2v) is 6.49. The third-order valence-corrected chi connectivity index (χ3v) is 4.75. The Morgan fingerprint density at radius 2 is 1.95 bits per heavy atom. The lowest BCUT2D eigenvalue weighted by Crippen LogP contribution is -2.17. The zero-order chi connectivity index (χ0) is 15.1. The smallest absolute Gasteiger partial charge is 0.280 e. The maximum absolute atomic E-state index is 12.3. The summed E-state index contributed by atoms with van der Waals surface area (Å²) < 4.78 is 28.3. The molecule has 1 aromatic carbocycles. The van der Waals surface area contributed by atoms with Crippen molar-refractivity contribution in [1.29, 1.82) is 0 Å². The molecule has 0 radical (unpaired) electrons. The van der Waals surface area contributed by atoms with Crippen molar-refractivity contribution in [2.45, 2.75) is 18.9 Å². The molecule has 0 aliphatic heterocycles. The SMILES string of the molecule is Cc1cc(NS(=O)(=O)c2c(Cl)cnn2C)c(C)cc1O. The highest BCUT2D eigenvalue weighted by Crippen LogP contribution is 2.28. The standard InChI is InChI=1S/C12H14ClN3O3S/c1-7-5-11(17)8(2)4-10(7)15-20(18,19)12-9(13)6-14-16(12)3/h4-6,15,17H,1-3H3. The van der Waals surface area contributed by atoms with E-state index in [1.165, 1.54) is 24.0 Å². The normalized spacial score (nSPS) is 11.6. The molecule has 1 aromatic heterocycles. The Morgan fingerprint density at radius 1 is 1.30 bits per heavy atom. The van der Waals surface area contributed by atoms with Crippen LogP contribution in [0.5, 0.6) is 5.75 Å². The highest BCUT2D eigenvalue weighted by molar-refractivity contribution is 7.92. The van der Waals surface area contributed by atoms with Gasteiger partial charge in [-0.15, -0.1) is 0 Å². The Kier molecular flexibility index (Phi) is 3.66. The second-order valence-electron chi connectivity index (χ2n) is 4.48. The van der Waals surface area contributed by atoms with Crippen LogP contribution in [0.25, 0.3) is 0 Å². The third kappa shape index (κ3) is 2.59. The van der Waals surface area contributed by atoms with Gasteiger partial charge in [-0.2, -0.15) is 13.5 Å². The summed E-state index contributed by atoms with van der Waals surface area (Å²) in [5, 5.41) is 13.3. The van der Waals surface area contributed by atoms with E-state index in [1.54, 1.807) is 19.9 Å². The van der Waals surface area contributed by atoms with Crippen LogP contribution in [0.3, 0.4) is 0 Å². The van der Waals surface area contributed by atoms with Crippen molar-refractivity contribution >= 4 is 27.3 Å². The highest BCUT2D eigenvalue weighted by Gasteiger charge is 2.23. The van der Waals surface area contributed by atoms with Gasteiger partial charge in [-0.1, -0.05) is 11.6 Å². The van der Waals surface area contributed by atoms with Crippen LogP contribution in [0.1, 0.15) is 11.1 Å². The number of hydrogen-bond donors (Lipinski definition) is 2. The predicted octanol–water partition coefficient (Wildman–Crippen LogP) is 2.20. The molecule has 0 saturated heterocycles. The van der Waals surface area contributed by atoms with Crippen LogP contribution in [0, 0.1) is 13.8 Å². The van der Waals surface area contributed by atoms with Gasteiger partial charge in [0.2, 0.25) is 0 Å². The minimum absolute atomic E-state index is 0.0492. The number of hydrogen-bond acceptors (Lipinski definition) is 4. The molecule has 8 heteroatoms. The molecule has 2 aromatic rings. The number of phenols is 1. The average molecular weight is 316 g/mol. The van der Waals surface area contributed by atoms with Gasteiger partial charge in [-0.05, 0) is 37.1 Å². The summed E-state index contributed by atoms with van der Waals surface area (Å²) in [5.74, 6) is 0.115. The number of rotatable bonds is 3. The Hall–Kier alpha value is -1.73. The predicted molar refractivity (Wildman–Crippen MR) is 76.6 cm³/mol. The molecule has 0 aliphatic rings. The van der Waals surface area contributed by atoms with Crippen LogP contribution in [0.2, 0.25) is 5.02 Å². The van der Waals surface area contributed by atoms with Crippen molar-refractivity contribution in [2.75, 3.05) is 4.72 Å². The van der Waals surface area contributed by atoms with Gasteiger partial charge in [0.05, 0.1) is 16.9 Å². The summed E-state index contributed by atoms with van der Waals surface area (Å²) in [6, 6.07) is 3.06. The molecule has 6 nitrogen and oxygen atoms in total. The van der Waals surface area contributed by atoms with E-state index >= 15 is 0 Å². The van der Waals surface area contributed by atoms with Crippen molar-refractivity contribution in [1.82, 2.24) is 9.78 Å². The number of anilines is 1. The lowest BCUT2D eigenvalue weighted by Gasteiger charge is -2.12. The summed E-state index contributed by atoms with van der Waals surface area (Å²) in [7, 11) is -2.35. The van der Waals surface area contributed by atoms with Crippen molar-refractivity contribution in [3.8, 4) is 5.75 Å². The number of aryl methyl sites for hydroxylation is 3. The first kappa shape index (κ1) is 14.7. The number of nitrogens with zero attached hydrogens (tertiary/aromatic N) is 2. The fourth-order valence-electron chi connectivity index (χ4n) is 1.81. The minimum atomic E-state index is -3.85. The summed E-state index contributed by atoms with van der Waals surface area (Å²) >= 11 is 5.85. The number of phenolic OH excluding ortho intramolecular Hbond substituents is 1. The molecule has 0 amide bonds. The van der Waals surface area contributed by atoms with E-state index in [9.17, 15) is 13.5 Å². The summed E-state index contributed by atoms with van der Waals surface area (Å²) in [5.41, 5.74) is 1.57. The molecule has 2 rings (SSSR count). The van der Waals surface area contributed by atoms with Gasteiger partial charge in [0.25, 0.3) is 10.0 Å². The van der Waals surface area contributed by atoms with Crippen molar-refractivity contribution in [3.05, 3.63) is 34.5 Å². The van der Waals surface area contributed by atoms with Crippen LogP contribution in [0.15, 0.2) is 23.4 Å². The lowest BCUT2D eigenvalue weighted by molar-refractivity contribution is 0.471. The maximum Gasteiger partial charge on any atom is 0.280 e. The molecule has 108 valence electrons. The van der Waals surface area contributed by atoms with Crippen LogP contribution in [0.4, 0.5) is 5.69 Å². The van der Waals surface area contributed by atoms with E-state index in [1.807, 2.05) is 0 Å². The van der Waals surface area contributed by atoms with E-state index in [-0.39, 0.29) is 15.8 Å². The van der Waals surface area contributed by atoms with Gasteiger partial charge in [0.1, 0.15) is 5.75 Å². The largest absolute Gasteiger partial charge is 0.508 e. The fraction of sp³-hybridized carbons (Fsp3) is 0.250. The van der Waals surface area contributed by atoms with Gasteiger partial charge in [0.15, 0.2) is 5.03 Å². The molecule has 20 heavy (non-hydrogen) atoms. The van der Waals surface area contributed by atoms with Gasteiger partial charge in [-0.25, -0.2) is 0 Å². The molecule has 0 saturated carbocycles. The van der Waals surface area contributed by atoms with E-state index in [4.69, 9.17) is 11.6 Å². The number of sulfonamides is 1. The second kappa shape index (κ2) is 4.99. The Bertz CT molecular complexity index is 749.